The molecule has 0 bridgehead atoms. The van der Waals surface area contributed by atoms with Crippen LogP contribution in [0.25, 0.3) is 0 Å². The highest BCUT2D eigenvalue weighted by atomic mass is 16.5. The topological polar surface area (TPSA) is 21.3 Å². The van der Waals surface area contributed by atoms with Gasteiger partial charge in [-0.1, -0.05) is 39.8 Å². The van der Waals surface area contributed by atoms with E-state index < -0.39 is 0 Å². The molecule has 0 radical (unpaired) electrons. The molecule has 1 aromatic rings. The molecular weight excluding hydrogens is 246 g/mol. The number of hydrogen-bond acceptors (Lipinski definition) is 2. The van der Waals surface area contributed by atoms with Gasteiger partial charge in [-0.25, -0.2) is 0 Å². The van der Waals surface area contributed by atoms with Crippen molar-refractivity contribution >= 4 is 0 Å². The first-order valence-electron chi connectivity index (χ1n) is 7.71. The van der Waals surface area contributed by atoms with Gasteiger partial charge in [-0.15, -0.1) is 0 Å². The van der Waals surface area contributed by atoms with Gasteiger partial charge in [0, 0.05) is 6.54 Å². The number of benzene rings is 1. The summed E-state index contributed by atoms with van der Waals surface area (Å²) in [6.45, 7) is 15.6. The Bertz CT molecular complexity index is 431. The molecule has 112 valence electrons. The summed E-state index contributed by atoms with van der Waals surface area (Å²) in [5.74, 6) is 1.73. The third kappa shape index (κ3) is 3.01. The summed E-state index contributed by atoms with van der Waals surface area (Å²) < 4.78 is 5.66. The molecule has 2 rings (SSSR count). The summed E-state index contributed by atoms with van der Waals surface area (Å²) in [6.07, 6.45) is 0.235. The molecule has 0 unspecified atom stereocenters. The summed E-state index contributed by atoms with van der Waals surface area (Å²) in [5, 5.41) is 3.59. The van der Waals surface area contributed by atoms with Crippen molar-refractivity contribution in [3.8, 4) is 5.75 Å². The third-order valence-electron chi connectivity index (χ3n) is 5.29. The predicted octanol–water partition coefficient (Wildman–Crippen LogP) is 4.25. The Morgan fingerprint density at radius 2 is 1.60 bits per heavy atom. The first kappa shape index (κ1) is 15.4. The van der Waals surface area contributed by atoms with Gasteiger partial charge in [-0.05, 0) is 54.8 Å². The van der Waals surface area contributed by atoms with E-state index in [1.165, 1.54) is 5.56 Å². The molecule has 1 fully saturated rings. The second-order valence-corrected chi connectivity index (χ2v) is 7.44. The number of rotatable bonds is 6. The Morgan fingerprint density at radius 1 is 1.05 bits per heavy atom. The average molecular weight is 275 g/mol. The summed E-state index contributed by atoms with van der Waals surface area (Å²) in [5.41, 5.74) is 2.25. The molecule has 1 aromatic carbocycles. The van der Waals surface area contributed by atoms with Crippen molar-refractivity contribution < 1.29 is 4.74 Å². The third-order valence-corrected chi connectivity index (χ3v) is 5.29. The maximum absolute atomic E-state index is 5.66. The molecular formula is C18H29NO. The molecule has 0 saturated heterocycles. The molecule has 0 aliphatic heterocycles. The van der Waals surface area contributed by atoms with Gasteiger partial charge >= 0.3 is 0 Å². The van der Waals surface area contributed by atoms with Crippen molar-refractivity contribution in [2.75, 3.05) is 6.54 Å². The van der Waals surface area contributed by atoms with Crippen LogP contribution in [0.3, 0.4) is 0 Å². The molecule has 1 aliphatic carbocycles. The highest BCUT2D eigenvalue weighted by molar-refractivity contribution is 5.27. The molecule has 1 aliphatic rings. The molecule has 0 spiro atoms. The van der Waals surface area contributed by atoms with Crippen LogP contribution in [0.2, 0.25) is 0 Å². The lowest BCUT2D eigenvalue weighted by molar-refractivity contribution is 0.242. The Balaban J connectivity index is 1.78. The zero-order valence-corrected chi connectivity index (χ0v) is 13.8. The van der Waals surface area contributed by atoms with E-state index in [4.69, 9.17) is 4.74 Å². The molecule has 0 aromatic heterocycles. The zero-order chi connectivity index (χ0) is 15.0. The summed E-state index contributed by atoms with van der Waals surface area (Å²) in [7, 11) is 0. The minimum absolute atomic E-state index is 0.235. The van der Waals surface area contributed by atoms with Gasteiger partial charge in [-0.2, -0.15) is 0 Å². The van der Waals surface area contributed by atoms with Crippen molar-refractivity contribution in [1.29, 1.82) is 0 Å². The van der Waals surface area contributed by atoms with E-state index in [-0.39, 0.29) is 6.10 Å². The summed E-state index contributed by atoms with van der Waals surface area (Å²) >= 11 is 0. The van der Waals surface area contributed by atoms with Crippen molar-refractivity contribution in [3.63, 3.8) is 0 Å². The molecule has 0 amide bonds. The van der Waals surface area contributed by atoms with Gasteiger partial charge in [0.1, 0.15) is 5.75 Å². The van der Waals surface area contributed by atoms with Crippen molar-refractivity contribution in [1.82, 2.24) is 5.32 Å². The van der Waals surface area contributed by atoms with E-state index >= 15 is 0 Å². The smallest absolute Gasteiger partial charge is 0.119 e. The SMILES string of the molecule is CC(C)Oc1ccc(CNCC2C(C)(C)C2(C)C)cc1. The van der Waals surface area contributed by atoms with Gasteiger partial charge in [0.15, 0.2) is 0 Å². The molecule has 2 nitrogen and oxygen atoms in total. The van der Waals surface area contributed by atoms with Crippen LogP contribution in [0.5, 0.6) is 5.75 Å². The second-order valence-electron chi connectivity index (χ2n) is 7.44. The first-order chi connectivity index (χ1) is 9.25. The summed E-state index contributed by atoms with van der Waals surface area (Å²) in [6, 6.07) is 8.41. The normalized spacial score (nSPS) is 20.1. The van der Waals surface area contributed by atoms with Crippen LogP contribution in [0.15, 0.2) is 24.3 Å². The standard InChI is InChI=1S/C18H29NO/c1-13(2)20-15-9-7-14(8-10-15)11-19-12-16-17(3,4)18(16,5)6/h7-10,13,16,19H,11-12H2,1-6H3. The Labute approximate surface area is 123 Å². The largest absolute Gasteiger partial charge is 0.491 e. The van der Waals surface area contributed by atoms with E-state index in [9.17, 15) is 0 Å². The van der Waals surface area contributed by atoms with Crippen molar-refractivity contribution in [2.45, 2.75) is 54.2 Å². The lowest BCUT2D eigenvalue weighted by Crippen LogP contribution is -2.18. The molecule has 2 heteroatoms. The fourth-order valence-corrected chi connectivity index (χ4v) is 3.16. The number of nitrogens with one attached hydrogen (secondary N) is 1. The van der Waals surface area contributed by atoms with Gasteiger partial charge in [-0.3, -0.25) is 0 Å². The van der Waals surface area contributed by atoms with Crippen LogP contribution >= 0.6 is 0 Å². The molecule has 1 N–H and O–H groups in total. The summed E-state index contributed by atoms with van der Waals surface area (Å²) in [4.78, 5) is 0. The van der Waals surface area contributed by atoms with E-state index in [2.05, 4.69) is 71.1 Å². The van der Waals surface area contributed by atoms with E-state index in [1.54, 1.807) is 0 Å². The zero-order valence-electron chi connectivity index (χ0n) is 13.8. The number of ether oxygens (including phenoxy) is 1. The van der Waals surface area contributed by atoms with E-state index in [0.717, 1.165) is 24.8 Å². The molecule has 20 heavy (non-hydrogen) atoms. The fourth-order valence-electron chi connectivity index (χ4n) is 3.16. The van der Waals surface area contributed by atoms with E-state index in [0.29, 0.717) is 10.8 Å². The van der Waals surface area contributed by atoms with Crippen LogP contribution in [0, 0.1) is 16.7 Å². The molecule has 0 atom stereocenters. The van der Waals surface area contributed by atoms with E-state index in [1.807, 2.05) is 0 Å². The van der Waals surface area contributed by atoms with Crippen LogP contribution in [-0.4, -0.2) is 12.6 Å². The van der Waals surface area contributed by atoms with Crippen LogP contribution < -0.4 is 10.1 Å². The quantitative estimate of drug-likeness (QED) is 0.838. The maximum atomic E-state index is 5.66. The monoisotopic (exact) mass is 275 g/mol. The minimum atomic E-state index is 0.235. The number of hydrogen-bond donors (Lipinski definition) is 1. The predicted molar refractivity (Wildman–Crippen MR) is 85.0 cm³/mol. The maximum Gasteiger partial charge on any atom is 0.119 e. The Morgan fingerprint density at radius 3 is 2.05 bits per heavy atom. The van der Waals surface area contributed by atoms with Crippen LogP contribution in [-0.2, 0) is 6.54 Å². The highest BCUT2D eigenvalue weighted by Gasteiger charge is 2.63. The highest BCUT2D eigenvalue weighted by Crippen LogP contribution is 2.67. The van der Waals surface area contributed by atoms with Gasteiger partial charge in [0.2, 0.25) is 0 Å². The second kappa shape index (κ2) is 5.40. The van der Waals surface area contributed by atoms with Crippen LogP contribution in [0.4, 0.5) is 0 Å². The molecule has 1 saturated carbocycles. The van der Waals surface area contributed by atoms with Gasteiger partial charge < -0.3 is 10.1 Å². The minimum Gasteiger partial charge on any atom is -0.491 e. The lowest BCUT2D eigenvalue weighted by Gasteiger charge is -2.10. The van der Waals surface area contributed by atoms with Crippen LogP contribution in [0.1, 0.15) is 47.1 Å². The average Bonchev–Trinajstić information content (AvgIpc) is 2.73. The fraction of sp³-hybridized carbons (Fsp3) is 0.667. The van der Waals surface area contributed by atoms with Crippen molar-refractivity contribution in [3.05, 3.63) is 29.8 Å². The molecule has 0 heterocycles. The van der Waals surface area contributed by atoms with Gasteiger partial charge in [0.25, 0.3) is 0 Å². The van der Waals surface area contributed by atoms with Gasteiger partial charge in [0.05, 0.1) is 6.10 Å². The van der Waals surface area contributed by atoms with Crippen molar-refractivity contribution in [2.24, 2.45) is 16.7 Å². The Hall–Kier alpha value is -1.02. The lowest BCUT2D eigenvalue weighted by atomic mass is 10.0. The first-order valence-corrected chi connectivity index (χ1v) is 7.71. The Kier molecular flexibility index (Phi) is 4.15.